The van der Waals surface area contributed by atoms with E-state index in [1.165, 1.54) is 4.90 Å². The highest BCUT2D eigenvalue weighted by Gasteiger charge is 2.32. The van der Waals surface area contributed by atoms with Crippen molar-refractivity contribution in [1.82, 2.24) is 9.21 Å². The molecule has 1 aliphatic heterocycles. The lowest BCUT2D eigenvalue weighted by Crippen LogP contribution is -2.50. The largest absolute Gasteiger partial charge is 0.335 e. The molecule has 5 nitrogen and oxygen atoms in total. The Labute approximate surface area is 152 Å². The van der Waals surface area contributed by atoms with Crippen LogP contribution in [0.4, 0.5) is 8.78 Å². The summed E-state index contributed by atoms with van der Waals surface area (Å²) in [6.45, 7) is 0.417. The van der Waals surface area contributed by atoms with Gasteiger partial charge in [0.2, 0.25) is 10.0 Å². The van der Waals surface area contributed by atoms with Crippen LogP contribution in [-0.4, -0.2) is 49.7 Å². The molecule has 0 aliphatic carbocycles. The predicted molar refractivity (Wildman–Crippen MR) is 90.3 cm³/mol. The van der Waals surface area contributed by atoms with E-state index in [0.29, 0.717) is 15.3 Å². The van der Waals surface area contributed by atoms with Crippen molar-refractivity contribution in [2.75, 3.05) is 26.2 Å². The van der Waals surface area contributed by atoms with Gasteiger partial charge in [-0.2, -0.15) is 4.31 Å². The summed E-state index contributed by atoms with van der Waals surface area (Å²) >= 11 is 6.97. The van der Waals surface area contributed by atoms with Gasteiger partial charge in [-0.05, 0) is 24.3 Å². The molecule has 0 spiro atoms. The smallest absolute Gasteiger partial charge is 0.264 e. The average Bonchev–Trinajstić information content (AvgIpc) is 3.00. The maximum atomic E-state index is 13.8. The molecule has 0 unspecified atom stereocenters. The summed E-state index contributed by atoms with van der Waals surface area (Å²) in [5.41, 5.74) is 0. The van der Waals surface area contributed by atoms with E-state index in [2.05, 4.69) is 0 Å². The minimum atomic E-state index is -4.08. The molecule has 1 aromatic heterocycles. The fraction of sp³-hybridized carbons (Fsp3) is 0.267. The predicted octanol–water partition coefficient (Wildman–Crippen LogP) is 2.83. The molecule has 1 aliphatic rings. The zero-order valence-electron chi connectivity index (χ0n) is 12.8. The topological polar surface area (TPSA) is 57.7 Å². The quantitative estimate of drug-likeness (QED) is 0.787. The van der Waals surface area contributed by atoms with Crippen LogP contribution >= 0.6 is 22.9 Å². The number of sulfonamides is 1. The summed E-state index contributed by atoms with van der Waals surface area (Å²) in [4.78, 5) is 13.8. The van der Waals surface area contributed by atoms with Crippen LogP contribution in [0, 0.1) is 11.6 Å². The number of amides is 1. The molecule has 25 heavy (non-hydrogen) atoms. The lowest BCUT2D eigenvalue weighted by molar-refractivity contribution is 0.0702. The van der Waals surface area contributed by atoms with E-state index in [4.69, 9.17) is 11.6 Å². The number of halogens is 3. The third-order valence-corrected chi connectivity index (χ3v) is 6.97. The van der Waals surface area contributed by atoms with Crippen LogP contribution in [0.25, 0.3) is 0 Å². The summed E-state index contributed by atoms with van der Waals surface area (Å²) in [7, 11) is -4.08. The van der Waals surface area contributed by atoms with Gasteiger partial charge >= 0.3 is 0 Å². The molecule has 1 saturated heterocycles. The van der Waals surface area contributed by atoms with Crippen molar-refractivity contribution in [2.45, 2.75) is 4.90 Å². The van der Waals surface area contributed by atoms with Gasteiger partial charge in [0.15, 0.2) is 0 Å². The minimum Gasteiger partial charge on any atom is -0.335 e. The number of carbonyl (C=O) groups is 1. The summed E-state index contributed by atoms with van der Waals surface area (Å²) in [6.07, 6.45) is 0. The number of thiophene rings is 1. The molecule has 2 heterocycles. The first-order chi connectivity index (χ1) is 11.8. The van der Waals surface area contributed by atoms with Gasteiger partial charge in [-0.1, -0.05) is 11.6 Å². The summed E-state index contributed by atoms with van der Waals surface area (Å²) in [5, 5.41) is 0. The Morgan fingerprint density at radius 3 is 2.32 bits per heavy atom. The second-order valence-corrected chi connectivity index (χ2v) is 9.00. The van der Waals surface area contributed by atoms with Gasteiger partial charge in [0.1, 0.15) is 16.5 Å². The van der Waals surface area contributed by atoms with Crippen LogP contribution in [0.1, 0.15) is 9.67 Å². The average molecular weight is 407 g/mol. The SMILES string of the molecule is O=C(c1ccc(Cl)s1)N1CCN(S(=O)(=O)c2ccc(F)cc2F)CC1. The maximum Gasteiger partial charge on any atom is 0.264 e. The molecule has 0 atom stereocenters. The van der Waals surface area contributed by atoms with Crippen LogP contribution in [0.3, 0.4) is 0 Å². The van der Waals surface area contributed by atoms with Crippen molar-refractivity contribution < 1.29 is 22.0 Å². The van der Waals surface area contributed by atoms with Gasteiger partial charge in [0.25, 0.3) is 5.91 Å². The van der Waals surface area contributed by atoms with E-state index >= 15 is 0 Å². The number of nitrogens with zero attached hydrogens (tertiary/aromatic N) is 2. The standard InChI is InChI=1S/C15H13ClF2N2O3S2/c16-14-4-2-12(24-14)15(21)19-5-7-20(8-6-19)25(22,23)13-3-1-10(17)9-11(13)18/h1-4,9H,5-8H2. The Bertz CT molecular complexity index is 909. The van der Waals surface area contributed by atoms with Gasteiger partial charge in [0.05, 0.1) is 9.21 Å². The van der Waals surface area contributed by atoms with Gasteiger partial charge in [-0.25, -0.2) is 17.2 Å². The zero-order valence-corrected chi connectivity index (χ0v) is 15.2. The lowest BCUT2D eigenvalue weighted by atomic mass is 10.3. The number of carbonyl (C=O) groups excluding carboxylic acids is 1. The molecule has 1 fully saturated rings. The van der Waals surface area contributed by atoms with Gasteiger partial charge in [0, 0.05) is 32.2 Å². The molecule has 0 N–H and O–H groups in total. The van der Waals surface area contributed by atoms with Gasteiger partial charge < -0.3 is 4.90 Å². The van der Waals surface area contributed by atoms with E-state index in [1.54, 1.807) is 12.1 Å². The normalized spacial score (nSPS) is 16.2. The summed E-state index contributed by atoms with van der Waals surface area (Å²) in [5.74, 6) is -2.20. The molecular weight excluding hydrogens is 394 g/mol. The second-order valence-electron chi connectivity index (χ2n) is 5.37. The lowest BCUT2D eigenvalue weighted by Gasteiger charge is -2.33. The van der Waals surface area contributed by atoms with E-state index in [-0.39, 0.29) is 32.1 Å². The number of piperazine rings is 1. The molecule has 0 radical (unpaired) electrons. The van der Waals surface area contributed by atoms with Crippen LogP contribution in [-0.2, 0) is 10.0 Å². The Balaban J connectivity index is 1.72. The Hall–Kier alpha value is -1.55. The van der Waals surface area contributed by atoms with Crippen molar-refractivity contribution in [3.8, 4) is 0 Å². The maximum absolute atomic E-state index is 13.8. The Morgan fingerprint density at radius 2 is 1.76 bits per heavy atom. The van der Waals surface area contributed by atoms with Gasteiger partial charge in [-0.15, -0.1) is 11.3 Å². The third-order valence-electron chi connectivity index (χ3n) is 3.82. The monoisotopic (exact) mass is 406 g/mol. The van der Waals surface area contributed by atoms with Crippen molar-refractivity contribution in [3.63, 3.8) is 0 Å². The molecule has 2 aromatic rings. The Morgan fingerprint density at radius 1 is 1.08 bits per heavy atom. The fourth-order valence-electron chi connectivity index (χ4n) is 2.54. The van der Waals surface area contributed by atoms with Crippen molar-refractivity contribution >= 4 is 38.9 Å². The van der Waals surface area contributed by atoms with E-state index < -0.39 is 26.6 Å². The molecule has 10 heteroatoms. The third kappa shape index (κ3) is 3.69. The molecule has 0 bridgehead atoms. The molecule has 134 valence electrons. The highest BCUT2D eigenvalue weighted by atomic mass is 35.5. The molecule has 1 amide bonds. The molecular formula is C15H13ClF2N2O3S2. The molecule has 3 rings (SSSR count). The molecule has 1 aromatic carbocycles. The first-order valence-corrected chi connectivity index (χ1v) is 9.92. The zero-order chi connectivity index (χ0) is 18.2. The highest BCUT2D eigenvalue weighted by Crippen LogP contribution is 2.25. The van der Waals surface area contributed by atoms with Crippen LogP contribution in [0.2, 0.25) is 4.34 Å². The number of rotatable bonds is 3. The molecule has 0 saturated carbocycles. The number of benzene rings is 1. The van der Waals surface area contributed by atoms with Crippen molar-refractivity contribution in [3.05, 3.63) is 51.2 Å². The van der Waals surface area contributed by atoms with Crippen molar-refractivity contribution in [1.29, 1.82) is 0 Å². The van der Waals surface area contributed by atoms with Crippen LogP contribution in [0.15, 0.2) is 35.2 Å². The number of hydrogen-bond donors (Lipinski definition) is 0. The first-order valence-electron chi connectivity index (χ1n) is 7.29. The van der Waals surface area contributed by atoms with Crippen LogP contribution < -0.4 is 0 Å². The summed E-state index contributed by atoms with van der Waals surface area (Å²) in [6, 6.07) is 5.58. The fourth-order valence-corrected chi connectivity index (χ4v) is 5.02. The highest BCUT2D eigenvalue weighted by molar-refractivity contribution is 7.89. The van der Waals surface area contributed by atoms with E-state index in [0.717, 1.165) is 27.8 Å². The Kier molecular flexibility index (Phi) is 5.10. The van der Waals surface area contributed by atoms with Crippen molar-refractivity contribution in [2.24, 2.45) is 0 Å². The number of hydrogen-bond acceptors (Lipinski definition) is 4. The second kappa shape index (κ2) is 6.99. The first kappa shape index (κ1) is 18.2. The van der Waals surface area contributed by atoms with E-state index in [9.17, 15) is 22.0 Å². The van der Waals surface area contributed by atoms with Crippen LogP contribution in [0.5, 0.6) is 0 Å². The van der Waals surface area contributed by atoms with Gasteiger partial charge in [-0.3, -0.25) is 4.79 Å². The summed E-state index contributed by atoms with van der Waals surface area (Å²) < 4.78 is 53.4. The van der Waals surface area contributed by atoms with E-state index in [1.807, 2.05) is 0 Å². The minimum absolute atomic E-state index is 0.0317.